The van der Waals surface area contributed by atoms with E-state index in [2.05, 4.69) is 203 Å². The minimum Gasteiger partial charge on any atom is -0.455 e. The Morgan fingerprint density at radius 3 is 1.72 bits per heavy atom. The molecule has 0 N–H and O–H groups in total. The van der Waals surface area contributed by atoms with Gasteiger partial charge in [0, 0.05) is 66.1 Å². The van der Waals surface area contributed by atoms with E-state index in [4.69, 9.17) is 19.4 Å². The Labute approximate surface area is 371 Å². The summed E-state index contributed by atoms with van der Waals surface area (Å²) >= 11 is 0. The third-order valence-electron chi connectivity index (χ3n) is 13.1. The molecule has 302 valence electrons. The summed E-state index contributed by atoms with van der Waals surface area (Å²) in [6, 6.07) is 74.9. The van der Waals surface area contributed by atoms with Crippen molar-refractivity contribution in [1.82, 2.24) is 24.1 Å². The quantitative estimate of drug-likeness (QED) is 0.173. The number of aromatic nitrogens is 5. The molecule has 0 fully saturated rings. The van der Waals surface area contributed by atoms with Crippen molar-refractivity contribution >= 4 is 87.1 Å². The van der Waals surface area contributed by atoms with Crippen LogP contribution in [0.25, 0.3) is 133 Å². The van der Waals surface area contributed by atoms with Crippen LogP contribution in [0.5, 0.6) is 0 Å². The van der Waals surface area contributed by atoms with Gasteiger partial charge in [-0.2, -0.15) is 0 Å². The smallest absolute Gasteiger partial charge is 0.166 e. The summed E-state index contributed by atoms with van der Waals surface area (Å²) in [6.45, 7) is 0. The van der Waals surface area contributed by atoms with Gasteiger partial charge in [0.25, 0.3) is 0 Å². The standard InChI is InChI=1S/C59H35N5O/c1-3-17-37(18-4-1)57-60-58(46-27-15-26-44-42-24-11-13-28-50(42)63(55(44)46)40-21-5-2-6-22-40)62-59(61-57)49-34-48-45-31-30-36-16-9-10-23-41(36)56(45)65-54(48)35-53(49)64-51-29-14-12-25-43(51)47-32-38-19-7-8-20-39(38)33-52(47)64/h1-35H. The molecule has 0 spiro atoms. The monoisotopic (exact) mass is 829 g/mol. The van der Waals surface area contributed by atoms with Crippen molar-refractivity contribution in [3.8, 4) is 45.5 Å². The zero-order valence-electron chi connectivity index (χ0n) is 34.9. The summed E-state index contributed by atoms with van der Waals surface area (Å²) in [7, 11) is 0. The molecule has 0 saturated carbocycles. The molecule has 6 nitrogen and oxygen atoms in total. The maximum atomic E-state index is 6.94. The maximum absolute atomic E-state index is 6.94. The number of hydrogen-bond donors (Lipinski definition) is 0. The van der Waals surface area contributed by atoms with Crippen molar-refractivity contribution in [1.29, 1.82) is 0 Å². The molecule has 14 aromatic rings. The molecule has 0 unspecified atom stereocenters. The van der Waals surface area contributed by atoms with Gasteiger partial charge >= 0.3 is 0 Å². The highest BCUT2D eigenvalue weighted by Gasteiger charge is 2.25. The van der Waals surface area contributed by atoms with Crippen LogP contribution in [0.4, 0.5) is 0 Å². The van der Waals surface area contributed by atoms with Crippen molar-refractivity contribution in [3.05, 3.63) is 212 Å². The molecule has 0 bridgehead atoms. The summed E-state index contributed by atoms with van der Waals surface area (Å²) in [4.78, 5) is 16.4. The first-order valence-electron chi connectivity index (χ1n) is 21.9. The van der Waals surface area contributed by atoms with E-state index in [0.29, 0.717) is 17.5 Å². The lowest BCUT2D eigenvalue weighted by atomic mass is 10.0. The van der Waals surface area contributed by atoms with E-state index in [1.165, 1.54) is 10.8 Å². The summed E-state index contributed by atoms with van der Waals surface area (Å²) in [6.07, 6.45) is 0. The molecular weight excluding hydrogens is 795 g/mol. The first-order chi connectivity index (χ1) is 32.2. The Morgan fingerprint density at radius 1 is 0.338 bits per heavy atom. The number of para-hydroxylation sites is 4. The van der Waals surface area contributed by atoms with E-state index in [9.17, 15) is 0 Å². The Kier molecular flexibility index (Phi) is 7.59. The van der Waals surface area contributed by atoms with E-state index < -0.39 is 0 Å². The average molecular weight is 830 g/mol. The maximum Gasteiger partial charge on any atom is 0.166 e. The van der Waals surface area contributed by atoms with Crippen molar-refractivity contribution in [2.75, 3.05) is 0 Å². The van der Waals surface area contributed by atoms with E-state index in [0.717, 1.165) is 104 Å². The van der Waals surface area contributed by atoms with Gasteiger partial charge in [-0.25, -0.2) is 15.0 Å². The lowest BCUT2D eigenvalue weighted by molar-refractivity contribution is 0.672. The Bertz CT molecular complexity index is 4240. The minimum absolute atomic E-state index is 0.562. The van der Waals surface area contributed by atoms with Crippen LogP contribution in [0.3, 0.4) is 0 Å². The fourth-order valence-corrected chi connectivity index (χ4v) is 10.2. The molecule has 14 rings (SSSR count). The Balaban J connectivity index is 1.13. The van der Waals surface area contributed by atoms with Gasteiger partial charge in [0.05, 0.1) is 27.8 Å². The first-order valence-corrected chi connectivity index (χ1v) is 21.9. The van der Waals surface area contributed by atoms with Gasteiger partial charge < -0.3 is 13.6 Å². The predicted molar refractivity (Wildman–Crippen MR) is 267 cm³/mol. The van der Waals surface area contributed by atoms with Crippen molar-refractivity contribution in [2.45, 2.75) is 0 Å². The summed E-state index contributed by atoms with van der Waals surface area (Å²) in [5.74, 6) is 1.74. The molecule has 10 aromatic carbocycles. The van der Waals surface area contributed by atoms with Gasteiger partial charge in [-0.3, -0.25) is 0 Å². The fourth-order valence-electron chi connectivity index (χ4n) is 10.2. The highest BCUT2D eigenvalue weighted by Crippen LogP contribution is 2.44. The normalized spacial score (nSPS) is 12.0. The van der Waals surface area contributed by atoms with Crippen LogP contribution in [0.15, 0.2) is 217 Å². The number of fused-ring (bicyclic) bond motifs is 12. The number of hydrogen-bond acceptors (Lipinski definition) is 4. The SMILES string of the molecule is c1ccc(-c2nc(-c3cc4c(cc3-n3c5ccccc5c5cc6ccccc6cc53)oc3c5ccccc5ccc43)nc(-c3cccc4c5ccccc5n(-c5ccccc5)c34)n2)cc1. The van der Waals surface area contributed by atoms with Gasteiger partial charge in [0.15, 0.2) is 17.5 Å². The van der Waals surface area contributed by atoms with Crippen molar-refractivity contribution in [3.63, 3.8) is 0 Å². The second-order valence-electron chi connectivity index (χ2n) is 16.8. The second kappa shape index (κ2) is 13.8. The highest BCUT2D eigenvalue weighted by atomic mass is 16.3. The topological polar surface area (TPSA) is 61.7 Å². The van der Waals surface area contributed by atoms with Gasteiger partial charge in [-0.15, -0.1) is 0 Å². The highest BCUT2D eigenvalue weighted by molar-refractivity contribution is 6.18. The van der Waals surface area contributed by atoms with Crippen molar-refractivity contribution in [2.24, 2.45) is 0 Å². The molecule has 0 saturated heterocycles. The Hall–Kier alpha value is -8.87. The third-order valence-corrected chi connectivity index (χ3v) is 13.1. The van der Waals surface area contributed by atoms with Gasteiger partial charge in [0.2, 0.25) is 0 Å². The molecule has 65 heavy (non-hydrogen) atoms. The van der Waals surface area contributed by atoms with E-state index in [-0.39, 0.29) is 0 Å². The number of nitrogens with zero attached hydrogens (tertiary/aromatic N) is 5. The minimum atomic E-state index is 0.562. The first kappa shape index (κ1) is 35.7. The molecule has 0 aliphatic heterocycles. The van der Waals surface area contributed by atoms with Gasteiger partial charge in [-0.1, -0.05) is 152 Å². The summed E-state index contributed by atoms with van der Waals surface area (Å²) in [5.41, 5.74) is 10.6. The zero-order chi connectivity index (χ0) is 42.6. The molecule has 0 aliphatic rings. The average Bonchev–Trinajstić information content (AvgIpc) is 4.03. The number of rotatable bonds is 5. The molecular formula is C59H35N5O. The molecule has 0 radical (unpaired) electrons. The van der Waals surface area contributed by atoms with Crippen LogP contribution in [0.2, 0.25) is 0 Å². The molecule has 4 aromatic heterocycles. The fraction of sp³-hybridized carbons (Fsp3) is 0. The van der Waals surface area contributed by atoms with Crippen molar-refractivity contribution < 1.29 is 4.42 Å². The second-order valence-corrected chi connectivity index (χ2v) is 16.8. The summed E-state index contributed by atoms with van der Waals surface area (Å²) in [5, 5.41) is 11.2. The zero-order valence-corrected chi connectivity index (χ0v) is 34.9. The van der Waals surface area contributed by atoms with Crippen LogP contribution in [-0.2, 0) is 0 Å². The lowest BCUT2D eigenvalue weighted by Gasteiger charge is -2.16. The van der Waals surface area contributed by atoms with Crippen LogP contribution in [0.1, 0.15) is 0 Å². The van der Waals surface area contributed by atoms with Crippen LogP contribution in [-0.4, -0.2) is 24.1 Å². The molecule has 6 heteroatoms. The number of benzene rings is 10. The van der Waals surface area contributed by atoms with E-state index >= 15 is 0 Å². The predicted octanol–water partition coefficient (Wildman–Crippen LogP) is 15.3. The van der Waals surface area contributed by atoms with E-state index in [1.807, 2.05) is 18.2 Å². The molecule has 0 aliphatic carbocycles. The van der Waals surface area contributed by atoms with Crippen LogP contribution in [0, 0.1) is 0 Å². The third kappa shape index (κ3) is 5.38. The number of furan rings is 1. The lowest BCUT2D eigenvalue weighted by Crippen LogP contribution is -2.04. The van der Waals surface area contributed by atoms with Gasteiger partial charge in [0.1, 0.15) is 11.2 Å². The molecule has 0 amide bonds. The summed E-state index contributed by atoms with van der Waals surface area (Å²) < 4.78 is 11.7. The molecule has 4 heterocycles. The van der Waals surface area contributed by atoms with E-state index in [1.54, 1.807) is 0 Å². The molecule has 0 atom stereocenters. The largest absolute Gasteiger partial charge is 0.455 e. The Morgan fingerprint density at radius 2 is 0.938 bits per heavy atom. The van der Waals surface area contributed by atoms with Crippen LogP contribution >= 0.6 is 0 Å². The van der Waals surface area contributed by atoms with Crippen LogP contribution < -0.4 is 0 Å². The van der Waals surface area contributed by atoms with Gasteiger partial charge in [-0.05, 0) is 70.8 Å².